The van der Waals surface area contributed by atoms with Gasteiger partial charge in [0.05, 0.1) is 21.6 Å². The first-order chi connectivity index (χ1) is 8.31. The lowest BCUT2D eigenvalue weighted by molar-refractivity contribution is 1.34. The molecule has 3 nitrogen and oxygen atoms in total. The Morgan fingerprint density at radius 3 is 2.71 bits per heavy atom. The van der Waals surface area contributed by atoms with E-state index in [9.17, 15) is 0 Å². The molecule has 0 bridgehead atoms. The molecule has 1 aromatic carbocycles. The molecule has 0 atom stereocenters. The molecule has 0 unspecified atom stereocenters. The number of benzene rings is 2. The second-order valence-corrected chi connectivity index (χ2v) is 5.49. The molecule has 0 fully saturated rings. The number of hydrogen-bond donors (Lipinski definition) is 1. The molecule has 1 aliphatic heterocycles. The van der Waals surface area contributed by atoms with Gasteiger partial charge in [-0.3, -0.25) is 0 Å². The summed E-state index contributed by atoms with van der Waals surface area (Å²) >= 11 is 0. The summed E-state index contributed by atoms with van der Waals surface area (Å²) in [7, 11) is 3.17. The third kappa shape index (κ3) is 2.20. The third-order valence-electron chi connectivity index (χ3n) is 2.36. The molecular formula is C12H9N3S2. The second-order valence-electron chi connectivity index (χ2n) is 3.60. The molecule has 84 valence electrons. The molecule has 17 heavy (non-hydrogen) atoms. The van der Waals surface area contributed by atoms with Crippen molar-refractivity contribution < 1.29 is 0 Å². The molecule has 1 aromatic rings. The van der Waals surface area contributed by atoms with E-state index < -0.39 is 0 Å². The molecule has 2 N–H and O–H groups in total. The summed E-state index contributed by atoms with van der Waals surface area (Å²) in [6, 6.07) is 13.6. The number of nitrogens with two attached hydrogens (primary N) is 1. The number of fused-ring (bicyclic) bond motifs is 1. The summed E-state index contributed by atoms with van der Waals surface area (Å²) in [5.74, 6) is 0. The van der Waals surface area contributed by atoms with Crippen LogP contribution in [0.3, 0.4) is 0 Å². The lowest BCUT2D eigenvalue weighted by Gasteiger charge is -1.96. The van der Waals surface area contributed by atoms with E-state index in [1.807, 2.05) is 36.4 Å². The van der Waals surface area contributed by atoms with Crippen molar-refractivity contribution in [2.75, 3.05) is 5.73 Å². The summed E-state index contributed by atoms with van der Waals surface area (Å²) in [6.45, 7) is 0. The van der Waals surface area contributed by atoms with Crippen molar-refractivity contribution in [3.63, 3.8) is 0 Å². The average molecular weight is 259 g/mol. The molecule has 0 radical (unpaired) electrons. The molecule has 0 saturated heterocycles. The maximum Gasteiger partial charge on any atom is 0.0951 e. The van der Waals surface area contributed by atoms with Crippen LogP contribution >= 0.6 is 20.9 Å². The maximum absolute atomic E-state index is 5.63. The first kappa shape index (κ1) is 10.4. The highest BCUT2D eigenvalue weighted by Crippen LogP contribution is 2.26. The van der Waals surface area contributed by atoms with Gasteiger partial charge >= 0.3 is 0 Å². The minimum atomic E-state index is 0.753. The lowest BCUT2D eigenvalue weighted by atomic mass is 10.2. The van der Waals surface area contributed by atoms with Gasteiger partial charge in [-0.1, -0.05) is 10.3 Å². The summed E-state index contributed by atoms with van der Waals surface area (Å²) in [4.78, 5) is 5.71. The van der Waals surface area contributed by atoms with E-state index in [1.165, 1.54) is 15.4 Å². The van der Waals surface area contributed by atoms with Crippen molar-refractivity contribution >= 4 is 32.3 Å². The second kappa shape index (κ2) is 4.27. The molecule has 1 heterocycles. The Bertz CT molecular complexity index is 667. The van der Waals surface area contributed by atoms with Gasteiger partial charge in [0.2, 0.25) is 0 Å². The molecule has 0 amide bonds. The Balaban J connectivity index is 2.09. The van der Waals surface area contributed by atoms with Crippen molar-refractivity contribution in [3.05, 3.63) is 47.8 Å². The largest absolute Gasteiger partial charge is 0.399 e. The van der Waals surface area contributed by atoms with E-state index in [2.05, 4.69) is 15.4 Å². The van der Waals surface area contributed by atoms with E-state index in [1.54, 1.807) is 10.3 Å². The molecule has 3 rings (SSSR count). The topological polar surface area (TPSA) is 51.3 Å². The molecule has 0 spiro atoms. The van der Waals surface area contributed by atoms with E-state index in [0.717, 1.165) is 22.4 Å². The van der Waals surface area contributed by atoms with E-state index in [4.69, 9.17) is 5.73 Å². The third-order valence-corrected chi connectivity index (χ3v) is 4.20. The summed E-state index contributed by atoms with van der Waals surface area (Å²) in [5, 5.41) is 0.943. The number of nitrogens with zero attached hydrogens (tertiary/aromatic N) is 2. The van der Waals surface area contributed by atoms with Gasteiger partial charge in [0, 0.05) is 16.2 Å². The van der Waals surface area contributed by atoms with Gasteiger partial charge < -0.3 is 5.73 Å². The van der Waals surface area contributed by atoms with Crippen LogP contribution in [0, 0.1) is 0 Å². The van der Waals surface area contributed by atoms with Crippen LogP contribution in [0.2, 0.25) is 0 Å². The Morgan fingerprint density at radius 2 is 1.88 bits per heavy atom. The van der Waals surface area contributed by atoms with Crippen LogP contribution in [-0.2, 0) is 0 Å². The van der Waals surface area contributed by atoms with E-state index >= 15 is 0 Å². The molecule has 0 saturated carbocycles. The predicted octanol–water partition coefficient (Wildman–Crippen LogP) is 3.12. The van der Waals surface area contributed by atoms with Crippen LogP contribution in [0.1, 0.15) is 0 Å². The molecule has 5 heteroatoms. The summed E-state index contributed by atoms with van der Waals surface area (Å²) < 4.78 is 4.28. The van der Waals surface area contributed by atoms with Crippen LogP contribution in [0.15, 0.2) is 47.5 Å². The van der Waals surface area contributed by atoms with Gasteiger partial charge in [-0.15, -0.1) is 0 Å². The molecule has 2 aliphatic rings. The fourth-order valence-corrected chi connectivity index (χ4v) is 3.29. The number of aromatic nitrogens is 1. The van der Waals surface area contributed by atoms with Gasteiger partial charge in [-0.25, -0.2) is 4.99 Å². The smallest absolute Gasteiger partial charge is 0.0951 e. The fourth-order valence-electron chi connectivity index (χ4n) is 1.51. The average Bonchev–Trinajstić information content (AvgIpc) is 2.79. The van der Waals surface area contributed by atoms with Gasteiger partial charge in [0.15, 0.2) is 0 Å². The maximum atomic E-state index is 5.63. The molecule has 0 aromatic heterocycles. The Morgan fingerprint density at radius 1 is 1.06 bits per heavy atom. The predicted molar refractivity (Wildman–Crippen MR) is 72.7 cm³/mol. The van der Waals surface area contributed by atoms with E-state index in [0.29, 0.717) is 0 Å². The first-order valence-electron chi connectivity index (χ1n) is 5.07. The summed E-state index contributed by atoms with van der Waals surface area (Å²) in [5.41, 5.74) is 8.33. The highest BCUT2D eigenvalue weighted by molar-refractivity contribution is 7.68. The zero-order valence-electron chi connectivity index (χ0n) is 8.83. The van der Waals surface area contributed by atoms with Crippen LogP contribution in [0.25, 0.3) is 10.6 Å². The van der Waals surface area contributed by atoms with Crippen LogP contribution in [-0.4, -0.2) is 4.37 Å². The highest BCUT2D eigenvalue weighted by Gasteiger charge is 2.03. The van der Waals surface area contributed by atoms with E-state index in [-0.39, 0.29) is 0 Å². The van der Waals surface area contributed by atoms with Gasteiger partial charge in [0.1, 0.15) is 0 Å². The first-order valence-corrected chi connectivity index (χ1v) is 7.18. The van der Waals surface area contributed by atoms with Crippen LogP contribution in [0.4, 0.5) is 11.4 Å². The summed E-state index contributed by atoms with van der Waals surface area (Å²) in [6.07, 6.45) is 0. The van der Waals surface area contributed by atoms with Crippen LogP contribution < -0.4 is 11.1 Å². The highest BCUT2D eigenvalue weighted by atomic mass is 32.9. The standard InChI is InChI=1S/C12H9N3S2/c13-8-1-3-9(4-2-8)14-10-5-6-11-12(7-10)16-17-15-11/h1-7H,13H2. The lowest BCUT2D eigenvalue weighted by Crippen LogP contribution is -1.99. The van der Waals surface area contributed by atoms with Gasteiger partial charge in [-0.05, 0) is 42.5 Å². The van der Waals surface area contributed by atoms with Gasteiger partial charge in [-0.2, -0.15) is 4.37 Å². The molecule has 1 aliphatic carbocycles. The number of hydrogen-bond acceptors (Lipinski definition) is 5. The zero-order valence-corrected chi connectivity index (χ0v) is 10.5. The molecular weight excluding hydrogens is 250 g/mol. The Hall–Kier alpha value is -1.72. The van der Waals surface area contributed by atoms with Crippen molar-refractivity contribution in [2.24, 2.45) is 4.99 Å². The SMILES string of the molecule is Nc1ccc(N=c2ccc3nssc-3c2)cc1. The number of nitrogen functional groups attached to an aromatic ring is 1. The van der Waals surface area contributed by atoms with Crippen LogP contribution in [0.5, 0.6) is 0 Å². The quantitative estimate of drug-likeness (QED) is 0.539. The van der Waals surface area contributed by atoms with Crippen molar-refractivity contribution in [2.45, 2.75) is 0 Å². The number of anilines is 1. The minimum Gasteiger partial charge on any atom is -0.399 e. The normalized spacial score (nSPS) is 12.1. The minimum absolute atomic E-state index is 0.753. The monoisotopic (exact) mass is 259 g/mol. The Kier molecular flexibility index (Phi) is 2.62. The fraction of sp³-hybridized carbons (Fsp3) is 0. The van der Waals surface area contributed by atoms with Crippen molar-refractivity contribution in [1.29, 1.82) is 0 Å². The number of rotatable bonds is 1. The van der Waals surface area contributed by atoms with Crippen molar-refractivity contribution in [1.82, 2.24) is 4.37 Å². The van der Waals surface area contributed by atoms with Crippen molar-refractivity contribution in [3.8, 4) is 10.6 Å². The van der Waals surface area contributed by atoms with Gasteiger partial charge in [0.25, 0.3) is 0 Å². The zero-order chi connectivity index (χ0) is 11.7. The Labute approximate surface area is 106 Å².